The molecular formula is C8H4N4O2. The molecule has 0 bridgehead atoms. The van der Waals surface area contributed by atoms with Gasteiger partial charge in [-0.2, -0.15) is 10.5 Å². The molecule has 4 N–H and O–H groups in total. The second kappa shape index (κ2) is 3.04. The van der Waals surface area contributed by atoms with Crippen molar-refractivity contribution in [1.29, 1.82) is 10.5 Å². The van der Waals surface area contributed by atoms with Crippen LogP contribution in [0.25, 0.3) is 0 Å². The van der Waals surface area contributed by atoms with E-state index in [1.165, 1.54) is 12.1 Å². The van der Waals surface area contributed by atoms with Gasteiger partial charge in [-0.15, -0.1) is 0 Å². The Labute approximate surface area is 78.7 Å². The molecule has 68 valence electrons. The highest BCUT2D eigenvalue weighted by molar-refractivity contribution is 6.27. The maximum atomic E-state index is 11.2. The molecule has 1 aliphatic carbocycles. The Balaban J connectivity index is 3.47. The van der Waals surface area contributed by atoms with Gasteiger partial charge in [0, 0.05) is 0 Å². The minimum Gasteiger partial charge on any atom is -0.394 e. The zero-order chi connectivity index (χ0) is 10.9. The van der Waals surface area contributed by atoms with Gasteiger partial charge >= 0.3 is 0 Å². The number of carbonyl (C=O) groups excluding carboxylic acids is 2. The van der Waals surface area contributed by atoms with Crippen molar-refractivity contribution in [1.82, 2.24) is 0 Å². The second-order valence-corrected chi connectivity index (χ2v) is 2.46. The summed E-state index contributed by atoms with van der Waals surface area (Å²) >= 11 is 0. The van der Waals surface area contributed by atoms with Gasteiger partial charge in [-0.1, -0.05) is 0 Å². The van der Waals surface area contributed by atoms with Crippen LogP contribution in [0, 0.1) is 22.7 Å². The number of rotatable bonds is 0. The van der Waals surface area contributed by atoms with Crippen LogP contribution in [0.1, 0.15) is 0 Å². The predicted octanol–water partition coefficient (Wildman–Crippen LogP) is -1.39. The molecule has 1 aliphatic rings. The van der Waals surface area contributed by atoms with E-state index in [4.69, 9.17) is 22.0 Å². The molecule has 0 spiro atoms. The summed E-state index contributed by atoms with van der Waals surface area (Å²) in [6, 6.07) is 2.94. The number of nitriles is 2. The molecule has 0 aromatic heterocycles. The predicted molar refractivity (Wildman–Crippen MR) is 43.7 cm³/mol. The molecule has 14 heavy (non-hydrogen) atoms. The lowest BCUT2D eigenvalue weighted by molar-refractivity contribution is -0.116. The molecule has 6 nitrogen and oxygen atoms in total. The third-order valence-corrected chi connectivity index (χ3v) is 1.71. The van der Waals surface area contributed by atoms with Crippen LogP contribution in [0.2, 0.25) is 0 Å². The van der Waals surface area contributed by atoms with Gasteiger partial charge in [-0.25, -0.2) is 0 Å². The topological polar surface area (TPSA) is 134 Å². The number of hydrogen-bond donors (Lipinski definition) is 2. The van der Waals surface area contributed by atoms with Gasteiger partial charge in [-0.3, -0.25) is 9.59 Å². The SMILES string of the molecule is N#CC1=C(N)C(=O)C(C#N)=C(N)C1=O. The van der Waals surface area contributed by atoms with Crippen molar-refractivity contribution in [3.05, 3.63) is 22.5 Å². The van der Waals surface area contributed by atoms with E-state index in [2.05, 4.69) is 0 Å². The number of nitrogens with two attached hydrogens (primary N) is 2. The molecule has 0 saturated heterocycles. The number of ketones is 2. The van der Waals surface area contributed by atoms with Gasteiger partial charge in [-0.05, 0) is 0 Å². The summed E-state index contributed by atoms with van der Waals surface area (Å²) in [6.45, 7) is 0. The molecule has 0 amide bonds. The molecule has 0 aromatic carbocycles. The summed E-state index contributed by atoms with van der Waals surface area (Å²) in [4.78, 5) is 22.5. The van der Waals surface area contributed by atoms with Crippen molar-refractivity contribution in [2.45, 2.75) is 0 Å². The van der Waals surface area contributed by atoms with Crippen LogP contribution in [0.3, 0.4) is 0 Å². The zero-order valence-electron chi connectivity index (χ0n) is 6.87. The summed E-state index contributed by atoms with van der Waals surface area (Å²) in [5, 5.41) is 17.0. The van der Waals surface area contributed by atoms with Crippen molar-refractivity contribution in [3.63, 3.8) is 0 Å². The van der Waals surface area contributed by atoms with Crippen LogP contribution < -0.4 is 11.5 Å². The van der Waals surface area contributed by atoms with E-state index in [1.807, 2.05) is 0 Å². The summed E-state index contributed by atoms with van der Waals surface area (Å²) in [7, 11) is 0. The molecule has 0 aliphatic heterocycles. The number of carbonyl (C=O) groups is 2. The van der Waals surface area contributed by atoms with Gasteiger partial charge in [0.1, 0.15) is 34.7 Å². The van der Waals surface area contributed by atoms with E-state index in [-0.39, 0.29) is 0 Å². The maximum Gasteiger partial charge on any atom is 0.222 e. The summed E-state index contributed by atoms with van der Waals surface area (Å²) in [5.41, 5.74) is 8.33. The van der Waals surface area contributed by atoms with Crippen LogP contribution in [-0.4, -0.2) is 11.6 Å². The van der Waals surface area contributed by atoms with Crippen LogP contribution in [-0.2, 0) is 9.59 Å². The third kappa shape index (κ3) is 1.03. The molecule has 0 heterocycles. The van der Waals surface area contributed by atoms with Crippen molar-refractivity contribution in [2.75, 3.05) is 0 Å². The number of allylic oxidation sites excluding steroid dienone is 2. The Kier molecular flexibility index (Phi) is 2.06. The molecule has 6 heteroatoms. The first-order valence-corrected chi connectivity index (χ1v) is 3.43. The maximum absolute atomic E-state index is 11.2. The molecule has 0 atom stereocenters. The van der Waals surface area contributed by atoms with Crippen LogP contribution >= 0.6 is 0 Å². The van der Waals surface area contributed by atoms with Crippen LogP contribution in [0.15, 0.2) is 22.5 Å². The summed E-state index contributed by atoms with van der Waals surface area (Å²) in [5.74, 6) is -1.75. The highest BCUT2D eigenvalue weighted by Crippen LogP contribution is 2.17. The highest BCUT2D eigenvalue weighted by atomic mass is 16.1. The van der Waals surface area contributed by atoms with Crippen LogP contribution in [0.5, 0.6) is 0 Å². The first kappa shape index (κ1) is 9.49. The molecule has 0 fully saturated rings. The Hall–Kier alpha value is -2.60. The van der Waals surface area contributed by atoms with E-state index < -0.39 is 34.1 Å². The first-order valence-electron chi connectivity index (χ1n) is 3.43. The smallest absolute Gasteiger partial charge is 0.222 e. The molecule has 1 rings (SSSR count). The monoisotopic (exact) mass is 188 g/mol. The van der Waals surface area contributed by atoms with E-state index in [0.717, 1.165) is 0 Å². The van der Waals surface area contributed by atoms with Gasteiger partial charge < -0.3 is 11.5 Å². The third-order valence-electron chi connectivity index (χ3n) is 1.71. The van der Waals surface area contributed by atoms with Crippen molar-refractivity contribution < 1.29 is 9.59 Å². The number of hydrogen-bond acceptors (Lipinski definition) is 6. The fraction of sp³-hybridized carbons (Fsp3) is 0. The fourth-order valence-electron chi connectivity index (χ4n) is 0.963. The lowest BCUT2D eigenvalue weighted by Crippen LogP contribution is -2.30. The summed E-state index contributed by atoms with van der Waals surface area (Å²) < 4.78 is 0. The van der Waals surface area contributed by atoms with E-state index in [9.17, 15) is 9.59 Å². The Morgan fingerprint density at radius 3 is 1.36 bits per heavy atom. The quantitative estimate of drug-likeness (QED) is 0.449. The first-order chi connectivity index (χ1) is 6.54. The number of Topliss-reactive ketones (excluding diaryl/α,β-unsaturated/α-hetero) is 2. The minimum absolute atomic E-state index is 0.508. The molecule has 0 saturated carbocycles. The number of nitrogens with zero attached hydrogens (tertiary/aromatic N) is 2. The van der Waals surface area contributed by atoms with Gasteiger partial charge in [0.05, 0.1) is 0 Å². The Morgan fingerprint density at radius 2 is 1.14 bits per heavy atom. The molecule has 0 radical (unpaired) electrons. The van der Waals surface area contributed by atoms with Gasteiger partial charge in [0.25, 0.3) is 0 Å². The minimum atomic E-state index is -0.874. The second-order valence-electron chi connectivity index (χ2n) is 2.46. The largest absolute Gasteiger partial charge is 0.394 e. The zero-order valence-corrected chi connectivity index (χ0v) is 6.87. The standard InChI is InChI=1S/C8H4N4O2/c9-1-3-5(11)8(14)4(2-10)6(12)7(3)13/h11-12H2. The lowest BCUT2D eigenvalue weighted by Gasteiger charge is -2.10. The lowest BCUT2D eigenvalue weighted by atomic mass is 9.93. The Bertz CT molecular complexity index is 438. The molecular weight excluding hydrogens is 184 g/mol. The molecule has 0 aromatic rings. The molecule has 0 unspecified atom stereocenters. The summed E-state index contributed by atoms with van der Waals surface area (Å²) in [6.07, 6.45) is 0. The van der Waals surface area contributed by atoms with E-state index in [1.54, 1.807) is 0 Å². The fourth-order valence-corrected chi connectivity index (χ4v) is 0.963. The van der Waals surface area contributed by atoms with Crippen molar-refractivity contribution >= 4 is 11.6 Å². The Morgan fingerprint density at radius 1 is 0.857 bits per heavy atom. The van der Waals surface area contributed by atoms with Gasteiger partial charge in [0.2, 0.25) is 11.6 Å². The van der Waals surface area contributed by atoms with Crippen molar-refractivity contribution in [3.8, 4) is 12.1 Å². The van der Waals surface area contributed by atoms with Crippen LogP contribution in [0.4, 0.5) is 0 Å². The van der Waals surface area contributed by atoms with Crippen molar-refractivity contribution in [2.24, 2.45) is 11.5 Å². The highest BCUT2D eigenvalue weighted by Gasteiger charge is 2.32. The van der Waals surface area contributed by atoms with E-state index >= 15 is 0 Å². The normalized spacial score (nSPS) is 16.7. The van der Waals surface area contributed by atoms with Gasteiger partial charge in [0.15, 0.2) is 0 Å². The van der Waals surface area contributed by atoms with E-state index in [0.29, 0.717) is 0 Å². The average Bonchev–Trinajstić information content (AvgIpc) is 2.17. The average molecular weight is 188 g/mol.